The molecule has 0 unspecified atom stereocenters. The first kappa shape index (κ1) is 15.4. The molecular formula is C18H23NO2. The highest BCUT2D eigenvalue weighted by atomic mass is 16.5. The Morgan fingerprint density at radius 3 is 2.57 bits per heavy atom. The van der Waals surface area contributed by atoms with Crippen molar-refractivity contribution >= 4 is 0 Å². The van der Waals surface area contributed by atoms with Crippen molar-refractivity contribution in [3.8, 4) is 11.5 Å². The van der Waals surface area contributed by atoms with Gasteiger partial charge in [0.05, 0.1) is 7.11 Å². The van der Waals surface area contributed by atoms with Crippen molar-refractivity contribution in [1.82, 2.24) is 0 Å². The lowest BCUT2D eigenvalue weighted by molar-refractivity contribution is 0.281. The Kier molecular flexibility index (Phi) is 5.23. The number of nitrogens with two attached hydrogens (primary N) is 1. The summed E-state index contributed by atoms with van der Waals surface area (Å²) in [5.74, 6) is 1.55. The molecule has 0 radical (unpaired) electrons. The van der Waals surface area contributed by atoms with Crippen LogP contribution in [0.25, 0.3) is 0 Å². The molecule has 0 aliphatic heterocycles. The van der Waals surface area contributed by atoms with Crippen molar-refractivity contribution < 1.29 is 9.47 Å². The summed E-state index contributed by atoms with van der Waals surface area (Å²) < 4.78 is 11.5. The highest BCUT2D eigenvalue weighted by Gasteiger charge is 2.11. The van der Waals surface area contributed by atoms with Gasteiger partial charge in [0.25, 0.3) is 0 Å². The van der Waals surface area contributed by atoms with Gasteiger partial charge in [-0.05, 0) is 49.6 Å². The summed E-state index contributed by atoms with van der Waals surface area (Å²) in [5.41, 5.74) is 10.4. The first-order valence-electron chi connectivity index (χ1n) is 7.20. The molecule has 2 aromatic carbocycles. The SMILES string of the molecule is COc1cccc(CCN)c1OCc1cc(C)ccc1C. The van der Waals surface area contributed by atoms with Crippen LogP contribution >= 0.6 is 0 Å². The fraction of sp³-hybridized carbons (Fsp3) is 0.333. The molecule has 0 saturated carbocycles. The van der Waals surface area contributed by atoms with Gasteiger partial charge in [-0.1, -0.05) is 35.9 Å². The van der Waals surface area contributed by atoms with E-state index in [0.717, 1.165) is 23.5 Å². The Morgan fingerprint density at radius 1 is 1.05 bits per heavy atom. The number of ether oxygens (including phenoxy) is 2. The molecule has 0 bridgehead atoms. The summed E-state index contributed by atoms with van der Waals surface area (Å²) in [6.07, 6.45) is 0.777. The first-order chi connectivity index (χ1) is 10.2. The van der Waals surface area contributed by atoms with E-state index < -0.39 is 0 Å². The first-order valence-corrected chi connectivity index (χ1v) is 7.20. The maximum absolute atomic E-state index is 6.05. The van der Waals surface area contributed by atoms with Gasteiger partial charge < -0.3 is 15.2 Å². The number of hydrogen-bond acceptors (Lipinski definition) is 3. The minimum absolute atomic E-state index is 0.533. The summed E-state index contributed by atoms with van der Waals surface area (Å²) in [7, 11) is 1.66. The van der Waals surface area contributed by atoms with Gasteiger partial charge in [0.15, 0.2) is 11.5 Å². The topological polar surface area (TPSA) is 44.5 Å². The second-order valence-electron chi connectivity index (χ2n) is 5.21. The Labute approximate surface area is 126 Å². The van der Waals surface area contributed by atoms with Crippen LogP contribution in [0.5, 0.6) is 11.5 Å². The number of aryl methyl sites for hydroxylation is 2. The molecule has 0 aliphatic carbocycles. The molecule has 0 heterocycles. The monoisotopic (exact) mass is 285 g/mol. The van der Waals surface area contributed by atoms with Gasteiger partial charge in [-0.2, -0.15) is 0 Å². The number of hydrogen-bond donors (Lipinski definition) is 1. The van der Waals surface area contributed by atoms with E-state index in [2.05, 4.69) is 32.0 Å². The summed E-state index contributed by atoms with van der Waals surface area (Å²) in [5, 5.41) is 0. The molecule has 0 saturated heterocycles. The van der Waals surface area contributed by atoms with Crippen molar-refractivity contribution in [3.63, 3.8) is 0 Å². The second-order valence-corrected chi connectivity index (χ2v) is 5.21. The van der Waals surface area contributed by atoms with Crippen LogP contribution in [-0.2, 0) is 13.0 Å². The summed E-state index contributed by atoms with van der Waals surface area (Å²) in [4.78, 5) is 0. The van der Waals surface area contributed by atoms with Crippen molar-refractivity contribution in [2.24, 2.45) is 5.73 Å². The lowest BCUT2D eigenvalue weighted by Crippen LogP contribution is -2.07. The van der Waals surface area contributed by atoms with Gasteiger partial charge in [0.2, 0.25) is 0 Å². The fourth-order valence-corrected chi connectivity index (χ4v) is 2.34. The highest BCUT2D eigenvalue weighted by Crippen LogP contribution is 2.32. The zero-order valence-electron chi connectivity index (χ0n) is 13.0. The molecule has 21 heavy (non-hydrogen) atoms. The predicted molar refractivity (Wildman–Crippen MR) is 86.0 cm³/mol. The van der Waals surface area contributed by atoms with Crippen LogP contribution in [0.1, 0.15) is 22.3 Å². The average molecular weight is 285 g/mol. The van der Waals surface area contributed by atoms with E-state index in [0.29, 0.717) is 13.2 Å². The minimum Gasteiger partial charge on any atom is -0.493 e. The van der Waals surface area contributed by atoms with Gasteiger partial charge in [0.1, 0.15) is 6.61 Å². The maximum atomic E-state index is 6.05. The molecule has 0 amide bonds. The standard InChI is InChI=1S/C18H23NO2/c1-13-7-8-14(2)16(11-13)12-21-18-15(9-10-19)5-4-6-17(18)20-3/h4-8,11H,9-10,12,19H2,1-3H3. The van der Waals surface area contributed by atoms with Crippen LogP contribution < -0.4 is 15.2 Å². The molecule has 2 N–H and O–H groups in total. The molecule has 3 heteroatoms. The molecular weight excluding hydrogens is 262 g/mol. The average Bonchev–Trinajstić information content (AvgIpc) is 2.49. The molecule has 2 aromatic rings. The third-order valence-electron chi connectivity index (χ3n) is 3.57. The Hall–Kier alpha value is -2.00. The van der Waals surface area contributed by atoms with E-state index in [1.165, 1.54) is 16.7 Å². The smallest absolute Gasteiger partial charge is 0.164 e. The molecule has 0 aromatic heterocycles. The minimum atomic E-state index is 0.533. The number of para-hydroxylation sites is 1. The van der Waals surface area contributed by atoms with Crippen LogP contribution in [0, 0.1) is 13.8 Å². The van der Waals surface area contributed by atoms with E-state index in [-0.39, 0.29) is 0 Å². The lowest BCUT2D eigenvalue weighted by atomic mass is 10.1. The molecule has 0 spiro atoms. The van der Waals surface area contributed by atoms with Crippen LogP contribution in [-0.4, -0.2) is 13.7 Å². The third kappa shape index (κ3) is 3.76. The lowest BCUT2D eigenvalue weighted by Gasteiger charge is -2.16. The van der Waals surface area contributed by atoms with Crippen molar-refractivity contribution in [2.75, 3.05) is 13.7 Å². The largest absolute Gasteiger partial charge is 0.493 e. The number of methoxy groups -OCH3 is 1. The zero-order valence-corrected chi connectivity index (χ0v) is 13.0. The molecule has 3 nitrogen and oxygen atoms in total. The van der Waals surface area contributed by atoms with Crippen LogP contribution in [0.2, 0.25) is 0 Å². The van der Waals surface area contributed by atoms with Crippen molar-refractivity contribution in [3.05, 3.63) is 58.7 Å². The summed E-state index contributed by atoms with van der Waals surface area (Å²) >= 11 is 0. The maximum Gasteiger partial charge on any atom is 0.164 e. The quantitative estimate of drug-likeness (QED) is 0.884. The molecule has 0 aliphatic rings. The van der Waals surface area contributed by atoms with Gasteiger partial charge in [-0.15, -0.1) is 0 Å². The van der Waals surface area contributed by atoms with Crippen molar-refractivity contribution in [2.45, 2.75) is 26.9 Å². The van der Waals surface area contributed by atoms with E-state index in [1.54, 1.807) is 7.11 Å². The number of benzene rings is 2. The molecule has 0 fully saturated rings. The Balaban J connectivity index is 2.24. The van der Waals surface area contributed by atoms with Gasteiger partial charge in [-0.3, -0.25) is 0 Å². The van der Waals surface area contributed by atoms with Gasteiger partial charge in [-0.25, -0.2) is 0 Å². The normalized spacial score (nSPS) is 10.5. The highest BCUT2D eigenvalue weighted by molar-refractivity contribution is 5.47. The Bertz CT molecular complexity index is 608. The van der Waals surface area contributed by atoms with Gasteiger partial charge >= 0.3 is 0 Å². The molecule has 2 rings (SSSR count). The van der Waals surface area contributed by atoms with E-state index in [1.807, 2.05) is 18.2 Å². The molecule has 112 valence electrons. The van der Waals surface area contributed by atoms with E-state index in [9.17, 15) is 0 Å². The second kappa shape index (κ2) is 7.14. The summed E-state index contributed by atoms with van der Waals surface area (Å²) in [6.45, 7) is 5.31. The van der Waals surface area contributed by atoms with Gasteiger partial charge in [0, 0.05) is 0 Å². The van der Waals surface area contributed by atoms with Crippen LogP contribution in [0.3, 0.4) is 0 Å². The summed E-state index contributed by atoms with van der Waals surface area (Å²) in [6, 6.07) is 12.3. The third-order valence-corrected chi connectivity index (χ3v) is 3.57. The predicted octanol–water partition coefficient (Wildman–Crippen LogP) is 3.39. The van der Waals surface area contributed by atoms with Crippen molar-refractivity contribution in [1.29, 1.82) is 0 Å². The molecule has 0 atom stereocenters. The fourth-order valence-electron chi connectivity index (χ4n) is 2.34. The zero-order chi connectivity index (χ0) is 15.2. The number of rotatable bonds is 6. The van der Waals surface area contributed by atoms with Crippen LogP contribution in [0.15, 0.2) is 36.4 Å². The van der Waals surface area contributed by atoms with E-state index >= 15 is 0 Å². The Morgan fingerprint density at radius 2 is 1.86 bits per heavy atom. The van der Waals surface area contributed by atoms with Crippen LogP contribution in [0.4, 0.5) is 0 Å². The van der Waals surface area contributed by atoms with E-state index in [4.69, 9.17) is 15.2 Å².